The van der Waals surface area contributed by atoms with E-state index >= 15 is 0 Å². The quantitative estimate of drug-likeness (QED) is 0.531. The Morgan fingerprint density at radius 1 is 1.09 bits per heavy atom. The number of methoxy groups -OCH3 is 1. The number of carbonyl (C=O) groups is 1. The molecule has 178 valence electrons. The van der Waals surface area contributed by atoms with Gasteiger partial charge in [-0.3, -0.25) is 4.79 Å². The van der Waals surface area contributed by atoms with Crippen LogP contribution in [0.25, 0.3) is 0 Å². The van der Waals surface area contributed by atoms with Gasteiger partial charge >= 0.3 is 0 Å². The number of phenolic OH excluding ortho intramolecular Hbond substituents is 1. The minimum atomic E-state index is -1.43. The third kappa shape index (κ3) is 5.13. The number of carbonyl (C=O) groups excluding carboxylic acids is 1. The molecule has 0 bridgehead atoms. The van der Waals surface area contributed by atoms with Gasteiger partial charge in [0.2, 0.25) is 6.29 Å². The fraction of sp³-hybridized carbons (Fsp3) is 0.458. The van der Waals surface area contributed by atoms with E-state index in [0.29, 0.717) is 6.42 Å². The molecule has 2 fully saturated rings. The van der Waals surface area contributed by atoms with Gasteiger partial charge in [0, 0.05) is 6.42 Å². The summed E-state index contributed by atoms with van der Waals surface area (Å²) in [6.07, 6.45) is -5.36. The van der Waals surface area contributed by atoms with Crippen molar-refractivity contribution >= 4 is 5.78 Å². The first-order valence-corrected chi connectivity index (χ1v) is 10.8. The summed E-state index contributed by atoms with van der Waals surface area (Å²) in [4.78, 5) is 13.0. The first-order valence-electron chi connectivity index (χ1n) is 10.8. The van der Waals surface area contributed by atoms with Crippen LogP contribution in [0.2, 0.25) is 0 Å². The lowest BCUT2D eigenvalue weighted by atomic mass is 9.98. The van der Waals surface area contributed by atoms with Crippen molar-refractivity contribution in [2.45, 2.75) is 56.8 Å². The maximum absolute atomic E-state index is 13.0. The van der Waals surface area contributed by atoms with Gasteiger partial charge in [0.15, 0.2) is 12.1 Å². The van der Waals surface area contributed by atoms with E-state index in [1.807, 2.05) is 24.3 Å². The van der Waals surface area contributed by atoms with Gasteiger partial charge in [0.1, 0.15) is 47.2 Å². The standard InChI is InChI=1S/C24H28O9/c1-13-30-12-19-23(31-13)21(27)22(28)24(33-19)32-18-5-3-4-16(25)20(18)17(26)11-8-14-6-9-15(29-2)10-7-14/h3-7,9-10,13,19,21-25,27-28H,8,11-12H2,1-2H3/t13?,19-,21-,22-,23-,24-/m1/s1. The Morgan fingerprint density at radius 3 is 2.58 bits per heavy atom. The summed E-state index contributed by atoms with van der Waals surface area (Å²) in [6.45, 7) is 1.84. The number of ketones is 1. The largest absolute Gasteiger partial charge is 0.507 e. The van der Waals surface area contributed by atoms with Crippen molar-refractivity contribution in [1.82, 2.24) is 0 Å². The highest BCUT2D eigenvalue weighted by molar-refractivity contribution is 6.01. The Hall–Kier alpha value is -2.69. The predicted octanol–water partition coefficient (Wildman–Crippen LogP) is 1.80. The summed E-state index contributed by atoms with van der Waals surface area (Å²) >= 11 is 0. The normalized spacial score (nSPS) is 29.2. The van der Waals surface area contributed by atoms with Crippen LogP contribution in [0.1, 0.15) is 29.3 Å². The molecule has 2 aromatic carbocycles. The Balaban J connectivity index is 1.47. The zero-order valence-electron chi connectivity index (χ0n) is 18.4. The van der Waals surface area contributed by atoms with E-state index in [0.717, 1.165) is 11.3 Å². The lowest BCUT2D eigenvalue weighted by Gasteiger charge is -2.45. The minimum Gasteiger partial charge on any atom is -0.507 e. The second-order valence-corrected chi connectivity index (χ2v) is 8.07. The van der Waals surface area contributed by atoms with Crippen LogP contribution in [-0.4, -0.2) is 71.8 Å². The van der Waals surface area contributed by atoms with Crippen LogP contribution in [0.4, 0.5) is 0 Å². The molecule has 6 atom stereocenters. The lowest BCUT2D eigenvalue weighted by molar-refractivity contribution is -0.343. The SMILES string of the molecule is COc1ccc(CCC(=O)c2c(O)cccc2O[C@@H]2O[C@@H]3COC(C)O[C@H]3[C@H](O)[C@H]2O)cc1. The number of aliphatic hydroxyl groups is 2. The molecule has 3 N–H and O–H groups in total. The van der Waals surface area contributed by atoms with Gasteiger partial charge in [-0.2, -0.15) is 0 Å². The molecule has 2 saturated heterocycles. The Morgan fingerprint density at radius 2 is 1.85 bits per heavy atom. The summed E-state index contributed by atoms with van der Waals surface area (Å²) in [5.41, 5.74) is 0.928. The number of aliphatic hydroxyl groups excluding tert-OH is 2. The summed E-state index contributed by atoms with van der Waals surface area (Å²) in [5, 5.41) is 31.4. The monoisotopic (exact) mass is 460 g/mol. The number of Topliss-reactive ketones (excluding diaryl/α,β-unsaturated/α-hetero) is 1. The predicted molar refractivity (Wildman–Crippen MR) is 115 cm³/mol. The highest BCUT2D eigenvalue weighted by Crippen LogP contribution is 2.34. The van der Waals surface area contributed by atoms with Gasteiger partial charge in [-0.1, -0.05) is 18.2 Å². The summed E-state index contributed by atoms with van der Waals surface area (Å²) in [7, 11) is 1.58. The maximum atomic E-state index is 13.0. The van der Waals surface area contributed by atoms with Crippen LogP contribution in [-0.2, 0) is 20.6 Å². The average molecular weight is 460 g/mol. The van der Waals surface area contributed by atoms with Gasteiger partial charge in [-0.05, 0) is 43.2 Å². The van der Waals surface area contributed by atoms with Gasteiger partial charge in [0.25, 0.3) is 0 Å². The molecule has 0 saturated carbocycles. The number of ether oxygens (including phenoxy) is 5. The molecule has 0 amide bonds. The molecular formula is C24H28O9. The fourth-order valence-corrected chi connectivity index (χ4v) is 3.99. The molecule has 2 aromatic rings. The van der Waals surface area contributed by atoms with Crippen molar-refractivity contribution in [3.63, 3.8) is 0 Å². The molecule has 9 nitrogen and oxygen atoms in total. The number of benzene rings is 2. The number of fused-ring (bicyclic) bond motifs is 1. The molecule has 9 heteroatoms. The van der Waals surface area contributed by atoms with Crippen LogP contribution in [0, 0.1) is 0 Å². The van der Waals surface area contributed by atoms with E-state index in [9.17, 15) is 20.1 Å². The van der Waals surface area contributed by atoms with Crippen molar-refractivity contribution in [2.75, 3.05) is 13.7 Å². The zero-order valence-corrected chi connectivity index (χ0v) is 18.4. The number of hydrogen-bond acceptors (Lipinski definition) is 9. The third-order valence-electron chi connectivity index (χ3n) is 5.81. The molecule has 2 aliphatic heterocycles. The van der Waals surface area contributed by atoms with Crippen molar-refractivity contribution < 1.29 is 43.8 Å². The number of aromatic hydroxyl groups is 1. The van der Waals surface area contributed by atoms with Crippen LogP contribution in [0.3, 0.4) is 0 Å². The first-order chi connectivity index (χ1) is 15.9. The third-order valence-corrected chi connectivity index (χ3v) is 5.81. The van der Waals surface area contributed by atoms with Gasteiger partial charge in [-0.25, -0.2) is 0 Å². The van der Waals surface area contributed by atoms with E-state index in [4.69, 9.17) is 23.7 Å². The highest BCUT2D eigenvalue weighted by Gasteiger charge is 2.49. The summed E-state index contributed by atoms with van der Waals surface area (Å²) in [5.74, 6) is 0.200. The Labute approximate surface area is 191 Å². The van der Waals surface area contributed by atoms with Crippen molar-refractivity contribution in [3.05, 3.63) is 53.6 Å². The average Bonchev–Trinajstić information content (AvgIpc) is 2.82. The van der Waals surface area contributed by atoms with Crippen molar-refractivity contribution in [1.29, 1.82) is 0 Å². The summed E-state index contributed by atoms with van der Waals surface area (Å²) < 4.78 is 27.6. The maximum Gasteiger partial charge on any atom is 0.229 e. The number of rotatable bonds is 7. The molecule has 2 heterocycles. The van der Waals surface area contributed by atoms with Crippen LogP contribution < -0.4 is 9.47 Å². The molecule has 0 radical (unpaired) electrons. The molecule has 33 heavy (non-hydrogen) atoms. The zero-order chi connectivity index (χ0) is 23.5. The number of hydrogen-bond donors (Lipinski definition) is 3. The topological polar surface area (TPSA) is 124 Å². The highest BCUT2D eigenvalue weighted by atomic mass is 16.8. The van der Waals surface area contributed by atoms with E-state index in [-0.39, 0.29) is 35.9 Å². The van der Waals surface area contributed by atoms with Gasteiger partial charge < -0.3 is 39.0 Å². The van der Waals surface area contributed by atoms with E-state index in [2.05, 4.69) is 0 Å². The molecule has 1 unspecified atom stereocenters. The minimum absolute atomic E-state index is 0.0109. The molecule has 0 aromatic heterocycles. The first kappa shape index (κ1) is 23.5. The smallest absolute Gasteiger partial charge is 0.229 e. The molecule has 0 spiro atoms. The molecule has 4 rings (SSSR count). The second-order valence-electron chi connectivity index (χ2n) is 8.07. The fourth-order valence-electron chi connectivity index (χ4n) is 3.99. The Kier molecular flexibility index (Phi) is 7.16. The lowest BCUT2D eigenvalue weighted by Crippen LogP contribution is -2.63. The van der Waals surface area contributed by atoms with E-state index < -0.39 is 37.0 Å². The van der Waals surface area contributed by atoms with Crippen LogP contribution in [0.5, 0.6) is 17.2 Å². The number of aryl methyl sites for hydroxylation is 1. The van der Waals surface area contributed by atoms with Gasteiger partial charge in [-0.15, -0.1) is 0 Å². The Bertz CT molecular complexity index is 959. The van der Waals surface area contributed by atoms with Crippen molar-refractivity contribution in [3.8, 4) is 17.2 Å². The molecule has 0 aliphatic carbocycles. The molecular weight excluding hydrogens is 432 g/mol. The van der Waals surface area contributed by atoms with Gasteiger partial charge in [0.05, 0.1) is 13.7 Å². The molecule has 2 aliphatic rings. The van der Waals surface area contributed by atoms with E-state index in [1.165, 1.54) is 18.2 Å². The number of phenols is 1. The van der Waals surface area contributed by atoms with Crippen molar-refractivity contribution in [2.24, 2.45) is 0 Å². The second kappa shape index (κ2) is 10.1. The van der Waals surface area contributed by atoms with Crippen LogP contribution in [0.15, 0.2) is 42.5 Å². The summed E-state index contributed by atoms with van der Waals surface area (Å²) in [6, 6.07) is 11.8. The van der Waals surface area contributed by atoms with E-state index in [1.54, 1.807) is 14.0 Å². The van der Waals surface area contributed by atoms with Crippen LogP contribution >= 0.6 is 0 Å².